The Bertz CT molecular complexity index is 805. The van der Waals surface area contributed by atoms with E-state index in [1.807, 2.05) is 30.9 Å². The second kappa shape index (κ2) is 5.88. The lowest BCUT2D eigenvalue weighted by Crippen LogP contribution is -2.36. The van der Waals surface area contributed by atoms with Crippen LogP contribution in [0.3, 0.4) is 0 Å². The van der Waals surface area contributed by atoms with E-state index in [1.54, 1.807) is 28.3 Å². The van der Waals surface area contributed by atoms with E-state index in [1.165, 1.54) is 10.4 Å². The largest absolute Gasteiger partial charge is 0.331 e. The van der Waals surface area contributed by atoms with Crippen LogP contribution in [0, 0.1) is 6.92 Å². The van der Waals surface area contributed by atoms with Crippen LogP contribution in [0.2, 0.25) is 0 Å². The van der Waals surface area contributed by atoms with E-state index in [0.717, 1.165) is 5.65 Å². The highest BCUT2D eigenvalue weighted by Gasteiger charge is 2.20. The Hall–Kier alpha value is -2.21. The van der Waals surface area contributed by atoms with E-state index >= 15 is 0 Å². The molecule has 0 spiro atoms. The first kappa shape index (κ1) is 14.7. The van der Waals surface area contributed by atoms with Gasteiger partial charge in [-0.05, 0) is 49.9 Å². The van der Waals surface area contributed by atoms with Gasteiger partial charge in [0.05, 0.1) is 12.1 Å². The fraction of sp³-hybridized carbons (Fsp3) is 0.312. The number of hydrogen-bond donors (Lipinski definition) is 0. The summed E-state index contributed by atoms with van der Waals surface area (Å²) in [5.41, 5.74) is 2.62. The lowest BCUT2D eigenvalue weighted by Gasteiger charge is -2.26. The third-order valence-corrected chi connectivity index (χ3v) is 4.71. The van der Waals surface area contributed by atoms with E-state index in [0.29, 0.717) is 12.1 Å². The first-order chi connectivity index (χ1) is 10.6. The molecule has 0 aliphatic rings. The average Bonchev–Trinajstić information content (AvgIpc) is 3.11. The fourth-order valence-electron chi connectivity index (χ4n) is 2.33. The lowest BCUT2D eigenvalue weighted by atomic mass is 10.2. The summed E-state index contributed by atoms with van der Waals surface area (Å²) in [6.07, 6.45) is 3.39. The second-order valence-corrected chi connectivity index (χ2v) is 6.57. The summed E-state index contributed by atoms with van der Waals surface area (Å²) in [6, 6.07) is 5.84. The minimum atomic E-state index is 0.0263. The number of amides is 1. The summed E-state index contributed by atoms with van der Waals surface area (Å²) < 4.78 is 1.77. The van der Waals surface area contributed by atoms with Gasteiger partial charge in [0.1, 0.15) is 6.33 Å². The van der Waals surface area contributed by atoms with Crippen LogP contribution in [0.25, 0.3) is 5.65 Å². The van der Waals surface area contributed by atoms with Gasteiger partial charge in [0.15, 0.2) is 5.65 Å². The van der Waals surface area contributed by atoms with Gasteiger partial charge >= 0.3 is 0 Å². The van der Waals surface area contributed by atoms with Crippen molar-refractivity contribution in [2.45, 2.75) is 33.4 Å². The Morgan fingerprint density at radius 3 is 2.86 bits per heavy atom. The van der Waals surface area contributed by atoms with E-state index in [9.17, 15) is 4.79 Å². The quantitative estimate of drug-likeness (QED) is 0.743. The lowest BCUT2D eigenvalue weighted by molar-refractivity contribution is 0.0691. The van der Waals surface area contributed by atoms with Crippen molar-refractivity contribution in [2.75, 3.05) is 0 Å². The highest BCUT2D eigenvalue weighted by molar-refractivity contribution is 7.10. The normalized spacial score (nSPS) is 11.3. The summed E-state index contributed by atoms with van der Waals surface area (Å²) >= 11 is 1.69. The minimum Gasteiger partial charge on any atom is -0.331 e. The zero-order valence-corrected chi connectivity index (χ0v) is 13.7. The van der Waals surface area contributed by atoms with Gasteiger partial charge in [0.2, 0.25) is 0 Å². The predicted octanol–water partition coefficient (Wildman–Crippen LogP) is 3.15. The van der Waals surface area contributed by atoms with Gasteiger partial charge in [-0.3, -0.25) is 9.20 Å². The van der Waals surface area contributed by atoms with Gasteiger partial charge in [-0.2, -0.15) is 0 Å². The maximum Gasteiger partial charge on any atom is 0.255 e. The first-order valence-corrected chi connectivity index (χ1v) is 8.07. The van der Waals surface area contributed by atoms with Crippen molar-refractivity contribution < 1.29 is 4.79 Å². The number of hydrogen-bond acceptors (Lipinski definition) is 4. The van der Waals surface area contributed by atoms with Gasteiger partial charge in [-0.25, -0.2) is 0 Å². The number of carbonyl (C=O) groups is 1. The maximum atomic E-state index is 12.9. The van der Waals surface area contributed by atoms with Crippen LogP contribution in [0.4, 0.5) is 0 Å². The third kappa shape index (κ3) is 2.74. The molecule has 0 saturated heterocycles. The molecule has 0 N–H and O–H groups in total. The Balaban J connectivity index is 1.90. The van der Waals surface area contributed by atoms with E-state index in [-0.39, 0.29) is 11.9 Å². The third-order valence-electron chi connectivity index (χ3n) is 3.70. The van der Waals surface area contributed by atoms with Crippen molar-refractivity contribution in [1.82, 2.24) is 19.5 Å². The van der Waals surface area contributed by atoms with Crippen molar-refractivity contribution in [1.29, 1.82) is 0 Å². The fourth-order valence-corrected chi connectivity index (χ4v) is 3.23. The Labute approximate surface area is 133 Å². The molecule has 5 nitrogen and oxygen atoms in total. The molecule has 3 heterocycles. The van der Waals surface area contributed by atoms with Crippen LogP contribution >= 0.6 is 11.3 Å². The van der Waals surface area contributed by atoms with Crippen molar-refractivity contribution in [3.8, 4) is 0 Å². The maximum absolute atomic E-state index is 12.9. The highest BCUT2D eigenvalue weighted by Crippen LogP contribution is 2.21. The molecule has 0 radical (unpaired) electrons. The van der Waals surface area contributed by atoms with Gasteiger partial charge in [-0.1, -0.05) is 0 Å². The molecule has 0 bridgehead atoms. The molecule has 0 saturated carbocycles. The number of fused-ring (bicyclic) bond motifs is 1. The zero-order chi connectivity index (χ0) is 15.7. The van der Waals surface area contributed by atoms with Gasteiger partial charge in [0, 0.05) is 17.1 Å². The molecule has 6 heteroatoms. The first-order valence-electron chi connectivity index (χ1n) is 7.19. The number of aryl methyl sites for hydroxylation is 1. The number of carbonyl (C=O) groups excluding carboxylic acids is 1. The van der Waals surface area contributed by atoms with Crippen molar-refractivity contribution in [3.05, 3.63) is 52.1 Å². The van der Waals surface area contributed by atoms with Gasteiger partial charge in [-0.15, -0.1) is 21.5 Å². The molecule has 0 aromatic carbocycles. The molecule has 1 amide bonds. The predicted molar refractivity (Wildman–Crippen MR) is 87.1 cm³/mol. The topological polar surface area (TPSA) is 50.5 Å². The summed E-state index contributed by atoms with van der Waals surface area (Å²) in [7, 11) is 0. The standard InChI is InChI=1S/C16H18N4OS/c1-11(2)20(9-14-12(3)6-7-22-14)16(21)13-4-5-15-18-17-10-19(15)8-13/h4-8,10-11H,9H2,1-3H3. The van der Waals surface area contributed by atoms with Crippen LogP contribution in [0.1, 0.15) is 34.6 Å². The second-order valence-electron chi connectivity index (χ2n) is 5.57. The van der Waals surface area contributed by atoms with Crippen molar-refractivity contribution in [3.63, 3.8) is 0 Å². The van der Waals surface area contributed by atoms with Crippen LogP contribution < -0.4 is 0 Å². The molecule has 0 aliphatic carbocycles. The average molecular weight is 314 g/mol. The van der Waals surface area contributed by atoms with Crippen molar-refractivity contribution >= 4 is 22.9 Å². The van der Waals surface area contributed by atoms with Crippen LogP contribution in [0.15, 0.2) is 36.1 Å². The molecule has 0 aliphatic heterocycles. The molecule has 3 rings (SSSR count). The molecule has 0 atom stereocenters. The summed E-state index contributed by atoms with van der Waals surface area (Å²) in [6.45, 7) is 6.80. The van der Waals surface area contributed by atoms with E-state index < -0.39 is 0 Å². The monoisotopic (exact) mass is 314 g/mol. The number of rotatable bonds is 4. The van der Waals surface area contributed by atoms with Crippen LogP contribution in [0.5, 0.6) is 0 Å². The number of aromatic nitrogens is 3. The Morgan fingerprint density at radius 1 is 1.36 bits per heavy atom. The Kier molecular flexibility index (Phi) is 3.94. The number of thiophene rings is 1. The molecule has 3 aromatic rings. The summed E-state index contributed by atoms with van der Waals surface area (Å²) in [5, 5.41) is 9.87. The van der Waals surface area contributed by atoms with Gasteiger partial charge < -0.3 is 4.90 Å². The van der Waals surface area contributed by atoms with E-state index in [4.69, 9.17) is 0 Å². The molecule has 22 heavy (non-hydrogen) atoms. The number of nitrogens with zero attached hydrogens (tertiary/aromatic N) is 4. The van der Waals surface area contributed by atoms with Crippen molar-refractivity contribution in [2.24, 2.45) is 0 Å². The molecule has 0 unspecified atom stereocenters. The van der Waals surface area contributed by atoms with Gasteiger partial charge in [0.25, 0.3) is 5.91 Å². The Morgan fingerprint density at radius 2 is 2.18 bits per heavy atom. The van der Waals surface area contributed by atoms with Crippen LogP contribution in [-0.4, -0.2) is 31.4 Å². The molecule has 114 valence electrons. The SMILES string of the molecule is Cc1ccsc1CN(C(=O)c1ccc2nncn2c1)C(C)C. The van der Waals surface area contributed by atoms with E-state index in [2.05, 4.69) is 28.6 Å². The minimum absolute atomic E-state index is 0.0263. The molecular formula is C16H18N4OS. The smallest absolute Gasteiger partial charge is 0.255 e. The summed E-state index contributed by atoms with van der Waals surface area (Å²) in [4.78, 5) is 16.0. The van der Waals surface area contributed by atoms with Crippen LogP contribution in [-0.2, 0) is 6.54 Å². The molecular weight excluding hydrogens is 296 g/mol. The zero-order valence-electron chi connectivity index (χ0n) is 12.9. The highest BCUT2D eigenvalue weighted by atomic mass is 32.1. The number of pyridine rings is 1. The summed E-state index contributed by atoms with van der Waals surface area (Å²) in [5.74, 6) is 0.0263. The molecule has 3 aromatic heterocycles. The molecule has 0 fully saturated rings.